The summed E-state index contributed by atoms with van der Waals surface area (Å²) in [5.74, 6) is -0.0413. The van der Waals surface area contributed by atoms with E-state index in [1.807, 2.05) is 19.1 Å². The molecular formula is C14H23N3O. The number of aromatic nitrogens is 1. The zero-order valence-corrected chi connectivity index (χ0v) is 11.4. The van der Waals surface area contributed by atoms with Gasteiger partial charge in [-0.1, -0.05) is 20.8 Å². The highest BCUT2D eigenvalue weighted by atomic mass is 16.1. The SMILES string of the molecule is CCC(CN)C(=O)NCC(C)(C)c1ccncc1. The molecular weight excluding hydrogens is 226 g/mol. The highest BCUT2D eigenvalue weighted by Crippen LogP contribution is 2.21. The highest BCUT2D eigenvalue weighted by Gasteiger charge is 2.23. The minimum Gasteiger partial charge on any atom is -0.355 e. The first-order valence-electron chi connectivity index (χ1n) is 6.39. The van der Waals surface area contributed by atoms with Crippen LogP contribution in [-0.4, -0.2) is 24.0 Å². The van der Waals surface area contributed by atoms with Gasteiger partial charge in [0.15, 0.2) is 0 Å². The molecule has 1 heterocycles. The summed E-state index contributed by atoms with van der Waals surface area (Å²) < 4.78 is 0. The molecule has 1 aromatic heterocycles. The summed E-state index contributed by atoms with van der Waals surface area (Å²) in [5, 5.41) is 2.98. The number of hydrogen-bond acceptors (Lipinski definition) is 3. The first-order valence-corrected chi connectivity index (χ1v) is 6.39. The number of nitrogens with two attached hydrogens (primary N) is 1. The fourth-order valence-corrected chi connectivity index (χ4v) is 1.82. The largest absolute Gasteiger partial charge is 0.355 e. The third-order valence-electron chi connectivity index (χ3n) is 3.31. The fraction of sp³-hybridized carbons (Fsp3) is 0.571. The molecule has 1 rings (SSSR count). The third-order valence-corrected chi connectivity index (χ3v) is 3.31. The summed E-state index contributed by atoms with van der Waals surface area (Å²) in [5.41, 5.74) is 6.63. The molecule has 1 unspecified atom stereocenters. The van der Waals surface area contributed by atoms with Crippen LogP contribution in [0.25, 0.3) is 0 Å². The summed E-state index contributed by atoms with van der Waals surface area (Å²) in [7, 11) is 0. The molecule has 0 aliphatic carbocycles. The number of amides is 1. The lowest BCUT2D eigenvalue weighted by molar-refractivity contribution is -0.125. The molecule has 1 atom stereocenters. The molecule has 0 aromatic carbocycles. The van der Waals surface area contributed by atoms with Crippen LogP contribution in [0, 0.1) is 5.92 Å². The molecule has 0 aliphatic heterocycles. The van der Waals surface area contributed by atoms with Crippen LogP contribution < -0.4 is 11.1 Å². The lowest BCUT2D eigenvalue weighted by Gasteiger charge is -2.26. The molecule has 0 fully saturated rings. The molecule has 100 valence electrons. The Balaban J connectivity index is 2.60. The zero-order chi connectivity index (χ0) is 13.6. The van der Waals surface area contributed by atoms with Gasteiger partial charge in [0.25, 0.3) is 0 Å². The predicted octanol–water partition coefficient (Wildman–Crippen LogP) is 1.46. The third kappa shape index (κ3) is 3.81. The van der Waals surface area contributed by atoms with E-state index >= 15 is 0 Å². The van der Waals surface area contributed by atoms with Crippen molar-refractivity contribution >= 4 is 5.91 Å². The van der Waals surface area contributed by atoms with Crippen LogP contribution in [0.2, 0.25) is 0 Å². The van der Waals surface area contributed by atoms with E-state index in [9.17, 15) is 4.79 Å². The van der Waals surface area contributed by atoms with E-state index in [2.05, 4.69) is 24.1 Å². The first-order chi connectivity index (χ1) is 8.51. The van der Waals surface area contributed by atoms with Crippen molar-refractivity contribution in [2.45, 2.75) is 32.6 Å². The second kappa shape index (κ2) is 6.50. The number of pyridine rings is 1. The summed E-state index contributed by atoms with van der Waals surface area (Å²) >= 11 is 0. The number of nitrogens with one attached hydrogen (secondary N) is 1. The Hall–Kier alpha value is -1.42. The number of hydrogen-bond donors (Lipinski definition) is 2. The van der Waals surface area contributed by atoms with Gasteiger partial charge in [-0.3, -0.25) is 9.78 Å². The van der Waals surface area contributed by atoms with Crippen molar-refractivity contribution in [2.24, 2.45) is 11.7 Å². The van der Waals surface area contributed by atoms with Gasteiger partial charge >= 0.3 is 0 Å². The zero-order valence-electron chi connectivity index (χ0n) is 11.4. The lowest BCUT2D eigenvalue weighted by Crippen LogP contribution is -2.41. The van der Waals surface area contributed by atoms with E-state index < -0.39 is 0 Å². The second-order valence-electron chi connectivity index (χ2n) is 5.18. The molecule has 18 heavy (non-hydrogen) atoms. The summed E-state index contributed by atoms with van der Waals surface area (Å²) in [6.07, 6.45) is 4.32. The molecule has 0 radical (unpaired) electrons. The fourth-order valence-electron chi connectivity index (χ4n) is 1.82. The van der Waals surface area contributed by atoms with Crippen LogP contribution in [0.4, 0.5) is 0 Å². The number of carbonyl (C=O) groups is 1. The van der Waals surface area contributed by atoms with Gasteiger partial charge in [0.05, 0.1) is 0 Å². The van der Waals surface area contributed by atoms with Crippen molar-refractivity contribution in [3.63, 3.8) is 0 Å². The van der Waals surface area contributed by atoms with Crippen LogP contribution in [0.5, 0.6) is 0 Å². The molecule has 0 spiro atoms. The smallest absolute Gasteiger partial charge is 0.224 e. The van der Waals surface area contributed by atoms with Crippen molar-refractivity contribution in [1.82, 2.24) is 10.3 Å². The minimum atomic E-state index is -0.106. The molecule has 3 N–H and O–H groups in total. The van der Waals surface area contributed by atoms with E-state index in [-0.39, 0.29) is 17.2 Å². The molecule has 4 heteroatoms. The first kappa shape index (κ1) is 14.6. The van der Waals surface area contributed by atoms with Crippen LogP contribution in [0.3, 0.4) is 0 Å². The maximum atomic E-state index is 11.9. The average Bonchev–Trinajstić information content (AvgIpc) is 2.39. The van der Waals surface area contributed by atoms with E-state index in [1.54, 1.807) is 12.4 Å². The maximum Gasteiger partial charge on any atom is 0.224 e. The Labute approximate surface area is 109 Å². The van der Waals surface area contributed by atoms with Crippen molar-refractivity contribution < 1.29 is 4.79 Å². The van der Waals surface area contributed by atoms with Crippen LogP contribution in [0.15, 0.2) is 24.5 Å². The summed E-state index contributed by atoms with van der Waals surface area (Å²) in [4.78, 5) is 15.9. The minimum absolute atomic E-state index is 0.0436. The van der Waals surface area contributed by atoms with Gasteiger partial charge in [-0.2, -0.15) is 0 Å². The van der Waals surface area contributed by atoms with Gasteiger partial charge in [-0.15, -0.1) is 0 Å². The van der Waals surface area contributed by atoms with Crippen LogP contribution in [-0.2, 0) is 10.2 Å². The van der Waals surface area contributed by atoms with Crippen molar-refractivity contribution in [1.29, 1.82) is 0 Å². The van der Waals surface area contributed by atoms with E-state index in [1.165, 1.54) is 5.56 Å². The highest BCUT2D eigenvalue weighted by molar-refractivity contribution is 5.78. The Bertz CT molecular complexity index is 372. The average molecular weight is 249 g/mol. The summed E-state index contributed by atoms with van der Waals surface area (Å²) in [6.45, 7) is 7.19. The van der Waals surface area contributed by atoms with Gasteiger partial charge in [-0.25, -0.2) is 0 Å². The molecule has 0 bridgehead atoms. The van der Waals surface area contributed by atoms with Gasteiger partial charge in [-0.05, 0) is 24.1 Å². The van der Waals surface area contributed by atoms with Gasteiger partial charge in [0, 0.05) is 36.8 Å². The van der Waals surface area contributed by atoms with Gasteiger partial charge in [0.1, 0.15) is 0 Å². The monoisotopic (exact) mass is 249 g/mol. The Morgan fingerprint density at radius 3 is 2.56 bits per heavy atom. The molecule has 4 nitrogen and oxygen atoms in total. The predicted molar refractivity (Wildman–Crippen MR) is 73.1 cm³/mol. The van der Waals surface area contributed by atoms with Crippen LogP contribution in [0.1, 0.15) is 32.8 Å². The van der Waals surface area contributed by atoms with E-state index in [0.717, 1.165) is 6.42 Å². The van der Waals surface area contributed by atoms with E-state index in [4.69, 9.17) is 5.73 Å². The number of carbonyl (C=O) groups excluding carboxylic acids is 1. The normalized spacial score (nSPS) is 13.1. The lowest BCUT2D eigenvalue weighted by atomic mass is 9.85. The van der Waals surface area contributed by atoms with Crippen molar-refractivity contribution in [3.05, 3.63) is 30.1 Å². The molecule has 0 aliphatic rings. The molecule has 1 aromatic rings. The molecule has 0 saturated carbocycles. The quantitative estimate of drug-likeness (QED) is 0.802. The second-order valence-corrected chi connectivity index (χ2v) is 5.18. The maximum absolute atomic E-state index is 11.9. The van der Waals surface area contributed by atoms with Gasteiger partial charge < -0.3 is 11.1 Å². The number of nitrogens with zero attached hydrogens (tertiary/aromatic N) is 1. The van der Waals surface area contributed by atoms with Crippen LogP contribution >= 0.6 is 0 Å². The molecule has 1 amide bonds. The topological polar surface area (TPSA) is 68.0 Å². The molecule has 0 saturated heterocycles. The Morgan fingerprint density at radius 2 is 2.06 bits per heavy atom. The van der Waals surface area contributed by atoms with Crippen molar-refractivity contribution in [2.75, 3.05) is 13.1 Å². The van der Waals surface area contributed by atoms with Gasteiger partial charge in [0.2, 0.25) is 5.91 Å². The summed E-state index contributed by atoms with van der Waals surface area (Å²) in [6, 6.07) is 3.96. The Morgan fingerprint density at radius 1 is 1.44 bits per heavy atom. The van der Waals surface area contributed by atoms with Crippen molar-refractivity contribution in [3.8, 4) is 0 Å². The number of rotatable bonds is 6. The Kier molecular flexibility index (Phi) is 5.28. The van der Waals surface area contributed by atoms with E-state index in [0.29, 0.717) is 13.1 Å². The standard InChI is InChI=1S/C14H23N3O/c1-4-11(9-15)13(18)17-10-14(2,3)12-5-7-16-8-6-12/h5-8,11H,4,9-10,15H2,1-3H3,(H,17,18).